The third kappa shape index (κ3) is 2.68. The van der Waals surface area contributed by atoms with Crippen LogP contribution in [0.15, 0.2) is 34.9 Å². The standard InChI is InChI=1S/C13H13ClFNO/c1-8-5-10(7-17-8)12(16)6-9-3-2-4-11(15)13(9)14/h2-5,7,12H,6,16H2,1H3. The van der Waals surface area contributed by atoms with Crippen molar-refractivity contribution in [1.29, 1.82) is 0 Å². The number of hydrogen-bond donors (Lipinski definition) is 1. The summed E-state index contributed by atoms with van der Waals surface area (Å²) in [6, 6.07) is 6.37. The lowest BCUT2D eigenvalue weighted by Crippen LogP contribution is -2.13. The van der Waals surface area contributed by atoms with Gasteiger partial charge in [0, 0.05) is 11.6 Å². The van der Waals surface area contributed by atoms with E-state index in [0.717, 1.165) is 11.3 Å². The number of benzene rings is 1. The summed E-state index contributed by atoms with van der Waals surface area (Å²) < 4.78 is 18.4. The summed E-state index contributed by atoms with van der Waals surface area (Å²) in [4.78, 5) is 0. The zero-order valence-corrected chi connectivity index (χ0v) is 10.2. The molecule has 0 saturated heterocycles. The summed E-state index contributed by atoms with van der Waals surface area (Å²) in [5, 5.41) is 0.142. The molecule has 2 N–H and O–H groups in total. The fourth-order valence-electron chi connectivity index (χ4n) is 1.72. The van der Waals surface area contributed by atoms with Gasteiger partial charge in [-0.3, -0.25) is 0 Å². The molecule has 1 aromatic carbocycles. The molecule has 0 spiro atoms. The molecule has 0 bridgehead atoms. The van der Waals surface area contributed by atoms with Crippen LogP contribution in [-0.4, -0.2) is 0 Å². The minimum atomic E-state index is -0.417. The Kier molecular flexibility index (Phi) is 3.50. The molecule has 1 atom stereocenters. The van der Waals surface area contributed by atoms with Gasteiger partial charge in [0.05, 0.1) is 11.3 Å². The van der Waals surface area contributed by atoms with E-state index >= 15 is 0 Å². The summed E-state index contributed by atoms with van der Waals surface area (Å²) in [5.74, 6) is 0.389. The lowest BCUT2D eigenvalue weighted by molar-refractivity contribution is 0.528. The van der Waals surface area contributed by atoms with Crippen LogP contribution >= 0.6 is 11.6 Å². The smallest absolute Gasteiger partial charge is 0.142 e. The lowest BCUT2D eigenvalue weighted by Gasteiger charge is -2.11. The highest BCUT2D eigenvalue weighted by atomic mass is 35.5. The molecule has 0 saturated carbocycles. The first-order chi connectivity index (χ1) is 8.08. The Hall–Kier alpha value is -1.32. The van der Waals surface area contributed by atoms with Crippen LogP contribution in [0.5, 0.6) is 0 Å². The first-order valence-electron chi connectivity index (χ1n) is 5.31. The largest absolute Gasteiger partial charge is 0.469 e. The van der Waals surface area contributed by atoms with Gasteiger partial charge in [-0.2, -0.15) is 0 Å². The maximum atomic E-state index is 13.2. The monoisotopic (exact) mass is 253 g/mol. The molecule has 0 aliphatic heterocycles. The van der Waals surface area contributed by atoms with E-state index < -0.39 is 5.82 Å². The Morgan fingerprint density at radius 1 is 1.47 bits per heavy atom. The van der Waals surface area contributed by atoms with Crippen molar-refractivity contribution in [1.82, 2.24) is 0 Å². The van der Waals surface area contributed by atoms with Crippen molar-refractivity contribution >= 4 is 11.6 Å². The van der Waals surface area contributed by atoms with Gasteiger partial charge < -0.3 is 10.2 Å². The molecule has 1 aromatic heterocycles. The second kappa shape index (κ2) is 4.90. The maximum absolute atomic E-state index is 13.2. The third-order valence-corrected chi connectivity index (χ3v) is 3.07. The van der Waals surface area contributed by atoms with E-state index in [-0.39, 0.29) is 11.1 Å². The van der Waals surface area contributed by atoms with Gasteiger partial charge in [0.15, 0.2) is 0 Å². The Labute approximate surface area is 104 Å². The Morgan fingerprint density at radius 2 is 2.24 bits per heavy atom. The molecule has 17 heavy (non-hydrogen) atoms. The van der Waals surface area contributed by atoms with Crippen LogP contribution in [0.2, 0.25) is 5.02 Å². The van der Waals surface area contributed by atoms with Crippen molar-refractivity contribution in [3.05, 3.63) is 58.3 Å². The molecule has 0 radical (unpaired) electrons. The summed E-state index contributed by atoms with van der Waals surface area (Å²) in [6.45, 7) is 1.85. The van der Waals surface area contributed by atoms with E-state index in [1.54, 1.807) is 18.4 Å². The second-order valence-electron chi connectivity index (χ2n) is 4.01. The van der Waals surface area contributed by atoms with Crippen molar-refractivity contribution in [3.63, 3.8) is 0 Å². The Morgan fingerprint density at radius 3 is 2.88 bits per heavy atom. The van der Waals surface area contributed by atoms with Gasteiger partial charge in [-0.1, -0.05) is 23.7 Å². The normalized spacial score (nSPS) is 12.7. The van der Waals surface area contributed by atoms with Crippen molar-refractivity contribution in [2.75, 3.05) is 0 Å². The molecule has 0 aliphatic carbocycles. The number of nitrogens with two attached hydrogens (primary N) is 1. The summed E-state index contributed by atoms with van der Waals surface area (Å²) in [5.41, 5.74) is 7.62. The van der Waals surface area contributed by atoms with Crippen LogP contribution in [-0.2, 0) is 6.42 Å². The van der Waals surface area contributed by atoms with E-state index in [9.17, 15) is 4.39 Å². The predicted octanol–water partition coefficient (Wildman–Crippen LogP) is 3.62. The van der Waals surface area contributed by atoms with Crippen molar-refractivity contribution in [2.45, 2.75) is 19.4 Å². The van der Waals surface area contributed by atoms with Crippen molar-refractivity contribution < 1.29 is 8.81 Å². The quantitative estimate of drug-likeness (QED) is 0.907. The average molecular weight is 254 g/mol. The number of rotatable bonds is 3. The Bertz CT molecular complexity index is 524. The van der Waals surface area contributed by atoms with Crippen LogP contribution in [0.3, 0.4) is 0 Å². The minimum Gasteiger partial charge on any atom is -0.469 e. The number of halogens is 2. The van der Waals surface area contributed by atoms with Gasteiger partial charge in [0.25, 0.3) is 0 Å². The fourth-order valence-corrected chi connectivity index (χ4v) is 1.92. The lowest BCUT2D eigenvalue weighted by atomic mass is 10.0. The molecule has 90 valence electrons. The van der Waals surface area contributed by atoms with Crippen molar-refractivity contribution in [3.8, 4) is 0 Å². The van der Waals surface area contributed by atoms with Crippen LogP contribution in [0.4, 0.5) is 4.39 Å². The molecule has 4 heteroatoms. The minimum absolute atomic E-state index is 0.142. The zero-order chi connectivity index (χ0) is 12.4. The van der Waals surface area contributed by atoms with Gasteiger partial charge in [-0.05, 0) is 31.0 Å². The molecule has 0 aliphatic rings. The van der Waals surface area contributed by atoms with Crippen molar-refractivity contribution in [2.24, 2.45) is 5.73 Å². The first-order valence-corrected chi connectivity index (χ1v) is 5.69. The molecule has 0 fully saturated rings. The van der Waals surface area contributed by atoms with Gasteiger partial charge >= 0.3 is 0 Å². The number of hydrogen-bond acceptors (Lipinski definition) is 2. The average Bonchev–Trinajstić information content (AvgIpc) is 2.72. The fraction of sp³-hybridized carbons (Fsp3) is 0.231. The van der Waals surface area contributed by atoms with E-state index in [4.69, 9.17) is 21.8 Å². The SMILES string of the molecule is Cc1cc(C(N)Cc2cccc(F)c2Cl)co1. The van der Waals surface area contributed by atoms with Crippen LogP contribution in [0.1, 0.15) is 22.9 Å². The van der Waals surface area contributed by atoms with E-state index in [0.29, 0.717) is 12.0 Å². The predicted molar refractivity (Wildman–Crippen MR) is 65.5 cm³/mol. The van der Waals surface area contributed by atoms with E-state index in [2.05, 4.69) is 0 Å². The number of furan rings is 1. The van der Waals surface area contributed by atoms with E-state index in [1.165, 1.54) is 6.07 Å². The molecular formula is C13H13ClFNO. The molecule has 2 rings (SSSR count). The highest BCUT2D eigenvalue weighted by molar-refractivity contribution is 6.31. The third-order valence-electron chi connectivity index (χ3n) is 2.65. The molecule has 1 unspecified atom stereocenters. The maximum Gasteiger partial charge on any atom is 0.142 e. The molecule has 2 nitrogen and oxygen atoms in total. The summed E-state index contributed by atoms with van der Waals surface area (Å²) in [7, 11) is 0. The molecule has 0 amide bonds. The second-order valence-corrected chi connectivity index (χ2v) is 4.39. The van der Waals surface area contributed by atoms with Gasteiger partial charge in [0.2, 0.25) is 0 Å². The van der Waals surface area contributed by atoms with Crippen LogP contribution < -0.4 is 5.73 Å². The molecule has 1 heterocycles. The number of aryl methyl sites for hydroxylation is 1. The molecular weight excluding hydrogens is 241 g/mol. The first kappa shape index (κ1) is 12.1. The van der Waals surface area contributed by atoms with Crippen LogP contribution in [0, 0.1) is 12.7 Å². The highest BCUT2D eigenvalue weighted by Gasteiger charge is 2.13. The van der Waals surface area contributed by atoms with Gasteiger partial charge in [-0.25, -0.2) is 4.39 Å². The van der Waals surface area contributed by atoms with Crippen LogP contribution in [0.25, 0.3) is 0 Å². The van der Waals surface area contributed by atoms with E-state index in [1.807, 2.05) is 13.0 Å². The zero-order valence-electron chi connectivity index (χ0n) is 9.41. The topological polar surface area (TPSA) is 39.2 Å². The summed E-state index contributed by atoms with van der Waals surface area (Å²) in [6.07, 6.45) is 2.10. The highest BCUT2D eigenvalue weighted by Crippen LogP contribution is 2.25. The molecule has 2 aromatic rings. The van der Waals surface area contributed by atoms with Gasteiger partial charge in [-0.15, -0.1) is 0 Å². The van der Waals surface area contributed by atoms with Gasteiger partial charge in [0.1, 0.15) is 11.6 Å². The summed E-state index contributed by atoms with van der Waals surface area (Å²) >= 11 is 5.88. The Balaban J connectivity index is 2.18.